The molecule has 0 saturated heterocycles. The maximum absolute atomic E-state index is 10.1. The second-order valence-corrected chi connectivity index (χ2v) is 3.23. The van der Waals surface area contributed by atoms with Crippen LogP contribution in [0.1, 0.15) is 6.92 Å². The largest absolute Gasteiger partial charge is 0.469 e. The van der Waals surface area contributed by atoms with Crippen LogP contribution in [0, 0.1) is 0 Å². The molecule has 0 radical (unpaired) electrons. The second-order valence-electron chi connectivity index (χ2n) is 1.99. The molecule has 11 heavy (non-hydrogen) atoms. The summed E-state index contributed by atoms with van der Waals surface area (Å²) in [7, 11) is -4.36. The summed E-state index contributed by atoms with van der Waals surface area (Å²) in [6, 6.07) is 0. The molecule has 0 aliphatic heterocycles. The zero-order valence-corrected chi connectivity index (χ0v) is 6.99. The Morgan fingerprint density at radius 3 is 2.55 bits per heavy atom. The van der Waals surface area contributed by atoms with Crippen LogP contribution in [-0.4, -0.2) is 28.1 Å². The van der Waals surface area contributed by atoms with Gasteiger partial charge in [0.2, 0.25) is 0 Å². The molecule has 0 aromatic rings. The molecule has 0 aliphatic rings. The molecule has 0 amide bonds. The molecule has 66 valence electrons. The lowest BCUT2D eigenvalue weighted by molar-refractivity contribution is 0.214. The van der Waals surface area contributed by atoms with Crippen LogP contribution in [0.3, 0.4) is 0 Å². The van der Waals surface area contributed by atoms with E-state index in [4.69, 9.17) is 14.9 Å². The van der Waals surface area contributed by atoms with E-state index >= 15 is 0 Å². The highest BCUT2D eigenvalue weighted by atomic mass is 31.2. The minimum absolute atomic E-state index is 0.134. The van der Waals surface area contributed by atoms with Crippen LogP contribution >= 0.6 is 7.82 Å². The summed E-state index contributed by atoms with van der Waals surface area (Å²) < 4.78 is 14.2. The van der Waals surface area contributed by atoms with E-state index in [1.807, 2.05) is 0 Å². The van der Waals surface area contributed by atoms with E-state index in [1.165, 1.54) is 6.08 Å². The highest BCUT2D eigenvalue weighted by molar-refractivity contribution is 7.46. The van der Waals surface area contributed by atoms with Crippen molar-refractivity contribution in [2.24, 2.45) is 0 Å². The molecule has 0 spiro atoms. The molecule has 0 aromatic carbocycles. The molecule has 0 fully saturated rings. The first kappa shape index (κ1) is 10.8. The minimum atomic E-state index is -4.36. The van der Waals surface area contributed by atoms with Gasteiger partial charge in [0.25, 0.3) is 0 Å². The smallest absolute Gasteiger partial charge is 0.392 e. The Hall–Kier alpha value is -0.190. The number of phosphoric acid groups is 1. The molecule has 0 rings (SSSR count). The van der Waals surface area contributed by atoms with E-state index in [0.717, 1.165) is 0 Å². The lowest BCUT2D eigenvalue weighted by atomic mass is 10.3. The number of hydrogen-bond donors (Lipinski definition) is 3. The van der Waals surface area contributed by atoms with Crippen molar-refractivity contribution in [2.45, 2.75) is 6.92 Å². The molecular weight excluding hydrogens is 171 g/mol. The molecular formula is C5H11O5P. The van der Waals surface area contributed by atoms with E-state index in [9.17, 15) is 4.57 Å². The number of aliphatic hydroxyl groups is 1. The van der Waals surface area contributed by atoms with Crippen LogP contribution in [0.5, 0.6) is 0 Å². The summed E-state index contributed by atoms with van der Waals surface area (Å²) in [4.78, 5) is 16.4. The summed E-state index contributed by atoms with van der Waals surface area (Å²) in [5.74, 6) is 0. The van der Waals surface area contributed by atoms with E-state index in [1.54, 1.807) is 6.92 Å². The maximum Gasteiger partial charge on any atom is 0.469 e. The Kier molecular flexibility index (Phi) is 4.56. The Morgan fingerprint density at radius 1 is 1.64 bits per heavy atom. The molecule has 3 N–H and O–H groups in total. The minimum Gasteiger partial charge on any atom is -0.392 e. The van der Waals surface area contributed by atoms with Crippen molar-refractivity contribution in [3.05, 3.63) is 11.6 Å². The normalized spacial score (nSPS) is 13.6. The summed E-state index contributed by atoms with van der Waals surface area (Å²) >= 11 is 0. The fraction of sp³-hybridized carbons (Fsp3) is 0.600. The zero-order chi connectivity index (χ0) is 8.91. The average Bonchev–Trinajstić information content (AvgIpc) is 1.85. The highest BCUT2D eigenvalue weighted by Gasteiger charge is 2.11. The Balaban J connectivity index is 3.66. The first-order valence-electron chi connectivity index (χ1n) is 2.92. The van der Waals surface area contributed by atoms with E-state index in [2.05, 4.69) is 4.52 Å². The van der Waals surface area contributed by atoms with Gasteiger partial charge in [0.1, 0.15) is 0 Å². The molecule has 0 bridgehead atoms. The van der Waals surface area contributed by atoms with Gasteiger partial charge in [-0.15, -0.1) is 0 Å². The summed E-state index contributed by atoms with van der Waals surface area (Å²) in [6.45, 7) is 1.31. The molecule has 0 aromatic heterocycles. The molecule has 6 heteroatoms. The van der Waals surface area contributed by atoms with E-state index < -0.39 is 7.82 Å². The van der Waals surface area contributed by atoms with Crippen LogP contribution < -0.4 is 0 Å². The van der Waals surface area contributed by atoms with Gasteiger partial charge in [0, 0.05) is 0 Å². The van der Waals surface area contributed by atoms with Crippen LogP contribution in [0.4, 0.5) is 0 Å². The predicted molar refractivity (Wildman–Crippen MR) is 38.8 cm³/mol. The van der Waals surface area contributed by atoms with Gasteiger partial charge in [-0.3, -0.25) is 4.52 Å². The van der Waals surface area contributed by atoms with Gasteiger partial charge in [-0.2, -0.15) is 0 Å². The van der Waals surface area contributed by atoms with Crippen molar-refractivity contribution in [3.8, 4) is 0 Å². The molecule has 0 aliphatic carbocycles. The number of hydrogen-bond acceptors (Lipinski definition) is 3. The van der Waals surface area contributed by atoms with Gasteiger partial charge in [-0.25, -0.2) is 4.57 Å². The summed E-state index contributed by atoms with van der Waals surface area (Å²) in [5, 5.41) is 8.45. The van der Waals surface area contributed by atoms with Gasteiger partial charge in [0.05, 0.1) is 13.2 Å². The molecule has 5 nitrogen and oxygen atoms in total. The van der Waals surface area contributed by atoms with Crippen LogP contribution in [0.2, 0.25) is 0 Å². The van der Waals surface area contributed by atoms with Crippen LogP contribution in [0.25, 0.3) is 0 Å². The van der Waals surface area contributed by atoms with Gasteiger partial charge in [-0.1, -0.05) is 6.08 Å². The van der Waals surface area contributed by atoms with Crippen molar-refractivity contribution < 1.29 is 24.0 Å². The lowest BCUT2D eigenvalue weighted by Gasteiger charge is -2.01. The van der Waals surface area contributed by atoms with Crippen molar-refractivity contribution >= 4 is 7.82 Å². The summed E-state index contributed by atoms with van der Waals surface area (Å²) in [6.07, 6.45) is 1.40. The zero-order valence-electron chi connectivity index (χ0n) is 6.10. The quantitative estimate of drug-likeness (QED) is 0.422. The Labute approximate surface area is 64.6 Å². The van der Waals surface area contributed by atoms with Gasteiger partial charge in [-0.05, 0) is 12.5 Å². The predicted octanol–water partition coefficient (Wildman–Crippen LogP) is 0.0343. The first-order valence-corrected chi connectivity index (χ1v) is 4.45. The average molecular weight is 182 g/mol. The number of rotatable bonds is 4. The van der Waals surface area contributed by atoms with Gasteiger partial charge < -0.3 is 14.9 Å². The summed E-state index contributed by atoms with van der Waals surface area (Å²) in [5.41, 5.74) is 0.610. The molecule has 0 atom stereocenters. The maximum atomic E-state index is 10.1. The standard InChI is InChI=1S/C5H11O5P/c1-5(4-6)2-3-10-11(7,8)9/h2,6H,3-4H2,1H3,(H2,7,8,9). The fourth-order valence-electron chi connectivity index (χ4n) is 0.341. The van der Waals surface area contributed by atoms with Gasteiger partial charge in [0.15, 0.2) is 0 Å². The second kappa shape index (κ2) is 4.64. The molecule has 0 saturated carbocycles. The Bertz CT molecular complexity index is 181. The fourth-order valence-corrected chi connectivity index (χ4v) is 0.610. The Morgan fingerprint density at radius 2 is 2.18 bits per heavy atom. The van der Waals surface area contributed by atoms with E-state index in [-0.39, 0.29) is 13.2 Å². The number of phosphoric ester groups is 1. The monoisotopic (exact) mass is 182 g/mol. The number of aliphatic hydroxyl groups excluding tert-OH is 1. The topological polar surface area (TPSA) is 87.0 Å². The SMILES string of the molecule is CC(=CCOP(=O)(O)O)CO. The van der Waals surface area contributed by atoms with Crippen LogP contribution in [0.15, 0.2) is 11.6 Å². The third-order valence-corrected chi connectivity index (χ3v) is 1.41. The highest BCUT2D eigenvalue weighted by Crippen LogP contribution is 2.35. The van der Waals surface area contributed by atoms with Crippen molar-refractivity contribution in [2.75, 3.05) is 13.2 Å². The third kappa shape index (κ3) is 7.71. The van der Waals surface area contributed by atoms with E-state index in [0.29, 0.717) is 5.57 Å². The van der Waals surface area contributed by atoms with Gasteiger partial charge >= 0.3 is 7.82 Å². The lowest BCUT2D eigenvalue weighted by Crippen LogP contribution is -1.91. The van der Waals surface area contributed by atoms with Crippen molar-refractivity contribution in [1.82, 2.24) is 0 Å². The molecule has 0 heterocycles. The third-order valence-electron chi connectivity index (χ3n) is 0.924. The van der Waals surface area contributed by atoms with Crippen molar-refractivity contribution in [1.29, 1.82) is 0 Å². The first-order chi connectivity index (χ1) is 4.95. The molecule has 0 unspecified atom stereocenters. The van der Waals surface area contributed by atoms with Crippen molar-refractivity contribution in [3.63, 3.8) is 0 Å². The van der Waals surface area contributed by atoms with Crippen LogP contribution in [-0.2, 0) is 9.09 Å².